The predicted molar refractivity (Wildman–Crippen MR) is 115 cm³/mol. The number of nitrogens with one attached hydrogen (secondary N) is 2. The molecule has 4 atom stereocenters. The summed E-state index contributed by atoms with van der Waals surface area (Å²) in [5.74, 6) is -1.75. The molecule has 4 rings (SSSR count). The van der Waals surface area contributed by atoms with Crippen LogP contribution in [0.3, 0.4) is 0 Å². The molecule has 3 heterocycles. The topological polar surface area (TPSA) is 130 Å². The fourth-order valence-electron chi connectivity index (χ4n) is 3.80. The van der Waals surface area contributed by atoms with E-state index in [1.54, 1.807) is 16.7 Å². The van der Waals surface area contributed by atoms with E-state index < -0.39 is 42.4 Å². The zero-order valence-electron chi connectivity index (χ0n) is 17.8. The minimum Gasteiger partial charge on any atom is -0.463 e. The lowest BCUT2D eigenvalue weighted by atomic mass is 10.1. The van der Waals surface area contributed by atoms with Crippen LogP contribution in [-0.2, 0) is 33.3 Å². The lowest BCUT2D eigenvalue weighted by Gasteiger charge is -2.24. The van der Waals surface area contributed by atoms with Crippen molar-refractivity contribution in [2.45, 2.75) is 45.3 Å². The van der Waals surface area contributed by atoms with Gasteiger partial charge in [-0.05, 0) is 12.1 Å². The second-order valence-electron chi connectivity index (χ2n) is 7.43. The first-order chi connectivity index (χ1) is 15.7. The maximum absolute atomic E-state index is 11.9. The van der Waals surface area contributed by atoms with Crippen molar-refractivity contribution in [2.24, 2.45) is 0 Å². The van der Waals surface area contributed by atoms with Crippen LogP contribution in [0.4, 0.5) is 0 Å². The molecule has 2 aliphatic heterocycles. The minimum absolute atomic E-state index is 0.205. The number of nitrogens with zero attached hydrogens (tertiary/aromatic N) is 2. The standard InChI is InChI=1S/C20H20Cl2N4O7/c1-8(27)30-6-15-16(31-9(2)28)17(32-10(3)29)20(33-15)26-7-23-13-4-11-12(5-14(13)26)19(22)25-24-18(11)21/h4-5,7,15-17,20,24-25H,6H2,1-3H3/t15-,16-,17-,20-/m1/s1. The van der Waals surface area contributed by atoms with Crippen LogP contribution in [0.5, 0.6) is 0 Å². The normalized spacial score (nSPS) is 24.0. The maximum Gasteiger partial charge on any atom is 0.303 e. The Bertz CT molecular complexity index is 1260. The molecule has 0 spiro atoms. The molecule has 1 aromatic heterocycles. The average molecular weight is 499 g/mol. The Balaban J connectivity index is 1.82. The van der Waals surface area contributed by atoms with Crippen LogP contribution in [0.2, 0.25) is 0 Å². The van der Waals surface area contributed by atoms with E-state index in [4.69, 9.17) is 42.1 Å². The van der Waals surface area contributed by atoms with Gasteiger partial charge < -0.3 is 23.5 Å². The number of hydrogen-bond acceptors (Lipinski definition) is 10. The lowest BCUT2D eigenvalue weighted by molar-refractivity contribution is -0.166. The molecule has 0 bridgehead atoms. The number of halogens is 2. The second-order valence-corrected chi connectivity index (χ2v) is 8.19. The number of benzene rings is 1. The van der Waals surface area contributed by atoms with Crippen LogP contribution in [-0.4, -0.2) is 52.4 Å². The molecule has 0 saturated carbocycles. The minimum atomic E-state index is -1.03. The number of fused-ring (bicyclic) bond motifs is 2. The first-order valence-corrected chi connectivity index (χ1v) is 10.6. The number of ether oxygens (including phenoxy) is 4. The highest BCUT2D eigenvalue weighted by atomic mass is 35.5. The van der Waals surface area contributed by atoms with Crippen molar-refractivity contribution in [3.8, 4) is 0 Å². The number of rotatable bonds is 5. The van der Waals surface area contributed by atoms with E-state index in [0.29, 0.717) is 31.8 Å². The van der Waals surface area contributed by atoms with Gasteiger partial charge in [0.15, 0.2) is 18.4 Å². The summed E-state index contributed by atoms with van der Waals surface area (Å²) in [5, 5.41) is 1.92. The number of carbonyl (C=O) groups excluding carboxylic acids is 3. The van der Waals surface area contributed by atoms with E-state index in [-0.39, 0.29) is 6.61 Å². The summed E-state index contributed by atoms with van der Waals surface area (Å²) >= 11 is 12.5. The van der Waals surface area contributed by atoms with E-state index in [1.807, 2.05) is 0 Å². The molecule has 1 saturated heterocycles. The van der Waals surface area contributed by atoms with Crippen molar-refractivity contribution in [3.63, 3.8) is 0 Å². The maximum atomic E-state index is 11.9. The Morgan fingerprint density at radius 3 is 2.21 bits per heavy atom. The van der Waals surface area contributed by atoms with Crippen molar-refractivity contribution in [2.75, 3.05) is 6.61 Å². The number of esters is 3. The summed E-state index contributed by atoms with van der Waals surface area (Å²) in [7, 11) is 0. The molecule has 176 valence electrons. The van der Waals surface area contributed by atoms with E-state index in [1.165, 1.54) is 27.1 Å². The zero-order valence-corrected chi connectivity index (χ0v) is 19.3. The van der Waals surface area contributed by atoms with Gasteiger partial charge in [0, 0.05) is 31.2 Å². The Morgan fingerprint density at radius 2 is 1.61 bits per heavy atom. The molecule has 2 aliphatic rings. The largest absolute Gasteiger partial charge is 0.463 e. The van der Waals surface area contributed by atoms with Crippen molar-refractivity contribution in [1.29, 1.82) is 0 Å². The highest BCUT2D eigenvalue weighted by Gasteiger charge is 2.50. The first kappa shape index (κ1) is 23.1. The summed E-state index contributed by atoms with van der Waals surface area (Å²) in [6.45, 7) is 3.49. The van der Waals surface area contributed by atoms with Gasteiger partial charge in [0.25, 0.3) is 0 Å². The van der Waals surface area contributed by atoms with Gasteiger partial charge in [0.05, 0.1) is 17.4 Å². The molecule has 0 unspecified atom stereocenters. The zero-order chi connectivity index (χ0) is 23.9. The molecule has 1 fully saturated rings. The van der Waals surface area contributed by atoms with Crippen LogP contribution >= 0.6 is 23.2 Å². The van der Waals surface area contributed by atoms with Crippen molar-refractivity contribution in [1.82, 2.24) is 20.4 Å². The van der Waals surface area contributed by atoms with E-state index in [2.05, 4.69) is 15.8 Å². The number of imidazole rings is 1. The van der Waals surface area contributed by atoms with Crippen molar-refractivity contribution >= 4 is 62.5 Å². The Morgan fingerprint density at radius 1 is 1.00 bits per heavy atom. The molecule has 1 aromatic carbocycles. The summed E-state index contributed by atoms with van der Waals surface area (Å²) in [5.41, 5.74) is 6.67. The smallest absolute Gasteiger partial charge is 0.303 e. The molecular weight excluding hydrogens is 479 g/mol. The Labute approximate surface area is 197 Å². The van der Waals surface area contributed by atoms with Gasteiger partial charge in [0.1, 0.15) is 23.0 Å². The fraction of sp³-hybridized carbons (Fsp3) is 0.400. The van der Waals surface area contributed by atoms with Gasteiger partial charge in [-0.2, -0.15) is 0 Å². The molecular formula is C20H20Cl2N4O7. The van der Waals surface area contributed by atoms with Crippen LogP contribution in [0.1, 0.15) is 27.0 Å². The number of aromatic nitrogens is 2. The molecule has 33 heavy (non-hydrogen) atoms. The van der Waals surface area contributed by atoms with Crippen LogP contribution in [0.25, 0.3) is 21.3 Å². The van der Waals surface area contributed by atoms with E-state index in [0.717, 1.165) is 0 Å². The number of hydrogen-bond donors (Lipinski definition) is 2. The number of hydrazine groups is 1. The van der Waals surface area contributed by atoms with Gasteiger partial charge >= 0.3 is 17.9 Å². The Kier molecular flexibility index (Phi) is 6.37. The van der Waals surface area contributed by atoms with Gasteiger partial charge in [-0.15, -0.1) is 0 Å². The van der Waals surface area contributed by atoms with Crippen molar-refractivity contribution in [3.05, 3.63) is 28.9 Å². The molecule has 0 aliphatic carbocycles. The first-order valence-electron chi connectivity index (χ1n) is 9.87. The predicted octanol–water partition coefficient (Wildman–Crippen LogP) is 0.0770. The number of carbonyl (C=O) groups is 3. The third-order valence-corrected chi connectivity index (χ3v) is 5.68. The van der Waals surface area contributed by atoms with E-state index >= 15 is 0 Å². The second kappa shape index (κ2) is 9.08. The van der Waals surface area contributed by atoms with Gasteiger partial charge in [-0.1, -0.05) is 23.2 Å². The molecule has 11 nitrogen and oxygen atoms in total. The van der Waals surface area contributed by atoms with Crippen LogP contribution < -0.4 is 21.3 Å². The highest BCUT2D eigenvalue weighted by Crippen LogP contribution is 2.36. The SMILES string of the molecule is CC(=O)OC[C@H]1O[C@@H](n2cnc3cc4c(cc32)=C(Cl)NNC=4Cl)[C@H](OC(C)=O)[C@@H]1OC(C)=O. The molecule has 2 N–H and O–H groups in total. The third-order valence-electron chi connectivity index (χ3n) is 5.08. The molecule has 0 amide bonds. The summed E-state index contributed by atoms with van der Waals surface area (Å²) in [6, 6.07) is 3.50. The molecule has 2 aromatic rings. The lowest BCUT2D eigenvalue weighted by Crippen LogP contribution is -2.44. The average Bonchev–Trinajstić information content (AvgIpc) is 3.29. The fourth-order valence-corrected chi connectivity index (χ4v) is 4.21. The van der Waals surface area contributed by atoms with Gasteiger partial charge in [0.2, 0.25) is 0 Å². The molecule has 13 heteroatoms. The summed E-state index contributed by atoms with van der Waals surface area (Å²) in [6.07, 6.45) is -2.37. The summed E-state index contributed by atoms with van der Waals surface area (Å²) in [4.78, 5) is 39.4. The summed E-state index contributed by atoms with van der Waals surface area (Å²) < 4.78 is 23.7. The van der Waals surface area contributed by atoms with Gasteiger partial charge in [-0.3, -0.25) is 25.2 Å². The Hall–Kier alpha value is -3.02. The van der Waals surface area contributed by atoms with Crippen LogP contribution in [0, 0.1) is 0 Å². The van der Waals surface area contributed by atoms with Crippen LogP contribution in [0.15, 0.2) is 18.5 Å². The van der Waals surface area contributed by atoms with Crippen molar-refractivity contribution < 1.29 is 33.3 Å². The highest BCUT2D eigenvalue weighted by molar-refractivity contribution is 6.47. The monoisotopic (exact) mass is 498 g/mol. The molecule has 0 radical (unpaired) electrons. The van der Waals surface area contributed by atoms with Gasteiger partial charge in [-0.25, -0.2) is 4.98 Å². The quantitative estimate of drug-likeness (QED) is 0.331. The van der Waals surface area contributed by atoms with E-state index in [9.17, 15) is 14.4 Å². The third kappa shape index (κ3) is 4.56.